The second-order valence-corrected chi connectivity index (χ2v) is 6.89. The third kappa shape index (κ3) is 5.26. The van der Waals surface area contributed by atoms with Crippen LogP contribution in [0.4, 0.5) is 4.39 Å². The monoisotopic (exact) mass is 429 g/mol. The minimum atomic E-state index is -0.330. The number of nitrogens with one attached hydrogen (secondary N) is 1. The lowest BCUT2D eigenvalue weighted by Crippen LogP contribution is -2.22. The normalized spacial score (nSPS) is 10.4. The van der Waals surface area contributed by atoms with Crippen molar-refractivity contribution in [3.05, 3.63) is 102 Å². The van der Waals surface area contributed by atoms with Crippen LogP contribution in [0, 0.1) is 5.82 Å². The summed E-state index contributed by atoms with van der Waals surface area (Å²) in [6, 6.07) is 21.8. The van der Waals surface area contributed by atoms with E-state index in [9.17, 15) is 9.18 Å². The van der Waals surface area contributed by atoms with Gasteiger partial charge in [-0.25, -0.2) is 9.37 Å². The molecule has 4 rings (SSSR count). The van der Waals surface area contributed by atoms with Crippen molar-refractivity contribution < 1.29 is 18.7 Å². The highest BCUT2D eigenvalue weighted by atomic mass is 19.1. The van der Waals surface area contributed by atoms with Crippen LogP contribution < -0.4 is 14.8 Å². The number of nitrogens with zero attached hydrogens (tertiary/aromatic N) is 2. The Morgan fingerprint density at radius 2 is 1.75 bits per heavy atom. The maximum Gasteiger partial charge on any atom is 0.251 e. The van der Waals surface area contributed by atoms with Crippen LogP contribution in [0.5, 0.6) is 17.4 Å². The summed E-state index contributed by atoms with van der Waals surface area (Å²) in [6.45, 7) is 0.390. The van der Waals surface area contributed by atoms with Crippen LogP contribution in [-0.2, 0) is 6.54 Å². The van der Waals surface area contributed by atoms with Crippen molar-refractivity contribution in [3.8, 4) is 28.8 Å². The smallest absolute Gasteiger partial charge is 0.251 e. The van der Waals surface area contributed by atoms with Crippen LogP contribution in [-0.4, -0.2) is 23.0 Å². The molecule has 0 fully saturated rings. The van der Waals surface area contributed by atoms with Crippen molar-refractivity contribution in [1.29, 1.82) is 0 Å². The van der Waals surface area contributed by atoms with Gasteiger partial charge in [0.15, 0.2) is 5.82 Å². The minimum Gasteiger partial charge on any atom is -0.497 e. The fourth-order valence-electron chi connectivity index (χ4n) is 2.99. The maximum absolute atomic E-state index is 13.2. The first-order chi connectivity index (χ1) is 15.6. The highest BCUT2D eigenvalue weighted by Crippen LogP contribution is 2.23. The number of aromatic nitrogens is 2. The number of rotatable bonds is 7. The lowest BCUT2D eigenvalue weighted by molar-refractivity contribution is 0.0950. The lowest BCUT2D eigenvalue weighted by atomic mass is 10.2. The molecule has 0 spiro atoms. The molecule has 3 aromatic carbocycles. The minimum absolute atomic E-state index is 0.221. The number of methoxy groups -OCH3 is 1. The Balaban J connectivity index is 1.43. The van der Waals surface area contributed by atoms with E-state index in [0.717, 1.165) is 11.3 Å². The lowest BCUT2D eigenvalue weighted by Gasteiger charge is -2.09. The quantitative estimate of drug-likeness (QED) is 0.447. The molecule has 4 aromatic rings. The van der Waals surface area contributed by atoms with Crippen LogP contribution in [0.15, 0.2) is 85.1 Å². The summed E-state index contributed by atoms with van der Waals surface area (Å²) in [5, 5.41) is 2.89. The van der Waals surface area contributed by atoms with Gasteiger partial charge in [-0.1, -0.05) is 18.2 Å². The number of carbonyl (C=O) groups excluding carboxylic acids is 1. The molecule has 0 radical (unpaired) electrons. The van der Waals surface area contributed by atoms with Crippen molar-refractivity contribution in [2.24, 2.45) is 0 Å². The van der Waals surface area contributed by atoms with Crippen molar-refractivity contribution in [2.75, 3.05) is 7.11 Å². The van der Waals surface area contributed by atoms with Crippen LogP contribution >= 0.6 is 0 Å². The van der Waals surface area contributed by atoms with Gasteiger partial charge in [0.05, 0.1) is 7.11 Å². The number of hydrogen-bond donors (Lipinski definition) is 1. The average Bonchev–Trinajstić information content (AvgIpc) is 2.83. The molecule has 7 heteroatoms. The standard InChI is InChI=1S/C25H20FN3O3/c1-31-21-11-5-17(6-12-21)16-28-25(30)19-3-2-4-22(15-19)32-23-13-14-27-24(29-23)18-7-9-20(26)10-8-18/h2-15H,16H2,1H3,(H,28,30). The van der Waals surface area contributed by atoms with Gasteiger partial charge in [-0.05, 0) is 60.2 Å². The molecule has 0 aliphatic rings. The second kappa shape index (κ2) is 9.70. The van der Waals surface area contributed by atoms with E-state index >= 15 is 0 Å². The zero-order valence-electron chi connectivity index (χ0n) is 17.3. The Hall–Kier alpha value is -4.26. The Bertz CT molecular complexity index is 1210. The zero-order valence-corrected chi connectivity index (χ0v) is 17.3. The van der Waals surface area contributed by atoms with E-state index in [1.165, 1.54) is 12.1 Å². The summed E-state index contributed by atoms with van der Waals surface area (Å²) in [6.07, 6.45) is 1.56. The van der Waals surface area contributed by atoms with Gasteiger partial charge >= 0.3 is 0 Å². The molecule has 1 aromatic heterocycles. The third-order valence-corrected chi connectivity index (χ3v) is 4.66. The second-order valence-electron chi connectivity index (χ2n) is 6.89. The van der Waals surface area contributed by atoms with Gasteiger partial charge in [0, 0.05) is 29.9 Å². The topological polar surface area (TPSA) is 73.3 Å². The van der Waals surface area contributed by atoms with Gasteiger partial charge in [0.25, 0.3) is 5.91 Å². The summed E-state index contributed by atoms with van der Waals surface area (Å²) < 4.78 is 24.1. The predicted molar refractivity (Wildman–Crippen MR) is 118 cm³/mol. The molecular weight excluding hydrogens is 409 g/mol. The summed E-state index contributed by atoms with van der Waals surface area (Å²) in [5.74, 6) is 1.40. The van der Waals surface area contributed by atoms with Gasteiger partial charge < -0.3 is 14.8 Å². The van der Waals surface area contributed by atoms with E-state index in [4.69, 9.17) is 9.47 Å². The molecule has 6 nitrogen and oxygen atoms in total. The summed E-state index contributed by atoms with van der Waals surface area (Å²) in [5.41, 5.74) is 2.09. The first-order valence-corrected chi connectivity index (χ1v) is 9.89. The third-order valence-electron chi connectivity index (χ3n) is 4.66. The van der Waals surface area contributed by atoms with Crippen LogP contribution in [0.1, 0.15) is 15.9 Å². The van der Waals surface area contributed by atoms with Gasteiger partial charge in [-0.2, -0.15) is 4.98 Å². The fourth-order valence-corrected chi connectivity index (χ4v) is 2.99. The first-order valence-electron chi connectivity index (χ1n) is 9.89. The maximum atomic E-state index is 13.2. The zero-order chi connectivity index (χ0) is 22.3. The van der Waals surface area contributed by atoms with Crippen molar-refractivity contribution >= 4 is 5.91 Å². The van der Waals surface area contributed by atoms with Crippen LogP contribution in [0.3, 0.4) is 0 Å². The molecule has 160 valence electrons. The van der Waals surface area contributed by atoms with Crippen LogP contribution in [0.25, 0.3) is 11.4 Å². The van der Waals surface area contributed by atoms with E-state index in [-0.39, 0.29) is 11.7 Å². The number of benzene rings is 3. The SMILES string of the molecule is COc1ccc(CNC(=O)c2cccc(Oc3ccnc(-c4ccc(F)cc4)n3)c2)cc1. The van der Waals surface area contributed by atoms with Gasteiger partial charge in [-0.15, -0.1) is 0 Å². The Morgan fingerprint density at radius 1 is 0.969 bits per heavy atom. The summed E-state index contributed by atoms with van der Waals surface area (Å²) >= 11 is 0. The van der Waals surface area contributed by atoms with Crippen molar-refractivity contribution in [2.45, 2.75) is 6.54 Å². The van der Waals surface area contributed by atoms with Gasteiger partial charge in [-0.3, -0.25) is 4.79 Å². The Morgan fingerprint density at radius 3 is 2.50 bits per heavy atom. The van der Waals surface area contributed by atoms with E-state index < -0.39 is 0 Å². The van der Waals surface area contributed by atoms with E-state index in [0.29, 0.717) is 35.1 Å². The highest BCUT2D eigenvalue weighted by molar-refractivity contribution is 5.94. The molecule has 0 unspecified atom stereocenters. The summed E-state index contributed by atoms with van der Waals surface area (Å²) in [7, 11) is 1.61. The van der Waals surface area contributed by atoms with Crippen LogP contribution in [0.2, 0.25) is 0 Å². The molecule has 1 N–H and O–H groups in total. The summed E-state index contributed by atoms with van der Waals surface area (Å²) in [4.78, 5) is 21.1. The number of ether oxygens (including phenoxy) is 2. The van der Waals surface area contributed by atoms with E-state index in [1.54, 1.807) is 55.8 Å². The predicted octanol–water partition coefficient (Wildman–Crippen LogP) is 5.01. The number of halogens is 1. The molecule has 0 bridgehead atoms. The van der Waals surface area contributed by atoms with Gasteiger partial charge in [0.1, 0.15) is 17.3 Å². The molecule has 1 heterocycles. The van der Waals surface area contributed by atoms with E-state index in [1.807, 2.05) is 24.3 Å². The highest BCUT2D eigenvalue weighted by Gasteiger charge is 2.09. The molecule has 0 aliphatic heterocycles. The molecule has 0 saturated carbocycles. The number of carbonyl (C=O) groups is 1. The van der Waals surface area contributed by atoms with Crippen molar-refractivity contribution in [1.82, 2.24) is 15.3 Å². The largest absolute Gasteiger partial charge is 0.497 e. The van der Waals surface area contributed by atoms with Crippen molar-refractivity contribution in [3.63, 3.8) is 0 Å². The Kier molecular flexibility index (Phi) is 6.36. The van der Waals surface area contributed by atoms with Gasteiger partial charge in [0.2, 0.25) is 5.88 Å². The number of hydrogen-bond acceptors (Lipinski definition) is 5. The molecule has 0 saturated heterocycles. The molecular formula is C25H20FN3O3. The number of amides is 1. The molecule has 32 heavy (non-hydrogen) atoms. The molecule has 0 atom stereocenters. The average molecular weight is 429 g/mol. The Labute approximate surface area is 184 Å². The molecule has 1 amide bonds. The first kappa shape index (κ1) is 21.0. The van der Waals surface area contributed by atoms with E-state index in [2.05, 4.69) is 15.3 Å². The fraction of sp³-hybridized carbons (Fsp3) is 0.0800. The molecule has 0 aliphatic carbocycles.